The molecule has 0 bridgehead atoms. The van der Waals surface area contributed by atoms with E-state index in [2.05, 4.69) is 76.0 Å². The number of methoxy groups -OCH3 is 1. The number of ether oxygens (including phenoxy) is 1. The molecule has 2 aromatic carbocycles. The van der Waals surface area contributed by atoms with Gasteiger partial charge in [-0.3, -0.25) is 0 Å². The predicted octanol–water partition coefficient (Wildman–Crippen LogP) is 8.17. The number of aromatic nitrogens is 2. The number of hydrogen-bond acceptors (Lipinski definition) is 4. The summed E-state index contributed by atoms with van der Waals surface area (Å²) < 4.78 is 8.27. The lowest BCUT2D eigenvalue weighted by Gasteiger charge is -2.52. The van der Waals surface area contributed by atoms with Gasteiger partial charge >= 0.3 is 0 Å². The third kappa shape index (κ3) is 6.04. The molecule has 4 unspecified atom stereocenters. The van der Waals surface area contributed by atoms with E-state index >= 15 is 0 Å². The Balaban J connectivity index is 1.68. The van der Waals surface area contributed by atoms with Gasteiger partial charge in [0.15, 0.2) is 0 Å². The van der Waals surface area contributed by atoms with Crippen molar-refractivity contribution in [1.29, 1.82) is 0 Å². The van der Waals surface area contributed by atoms with Crippen LogP contribution >= 0.6 is 0 Å². The van der Waals surface area contributed by atoms with Crippen LogP contribution in [0.4, 0.5) is 5.69 Å². The lowest BCUT2D eigenvalue weighted by atomic mass is 9.56. The standard InChI is InChI=1S/C34H49N3O2/c1-7-11-19-36(20-12-8-2)26-21-24(5)31(30(38)22-26)33-27(10-4)32(34(33)39-6)28-23-37(35-29(28)16-9-3)25-17-14-13-15-18-25/h13-15,17-18,21-23,27,32-34,38H,7-12,16,19-20H2,1-6H3. The molecule has 0 saturated heterocycles. The van der Waals surface area contributed by atoms with Gasteiger partial charge in [0.2, 0.25) is 0 Å². The quantitative estimate of drug-likeness (QED) is 0.228. The first-order chi connectivity index (χ1) is 19.0. The van der Waals surface area contributed by atoms with Crippen molar-refractivity contribution in [2.45, 2.75) is 97.5 Å². The van der Waals surface area contributed by atoms with Crippen LogP contribution in [0, 0.1) is 12.8 Å². The average molecular weight is 532 g/mol. The van der Waals surface area contributed by atoms with Gasteiger partial charge in [0.1, 0.15) is 5.75 Å². The van der Waals surface area contributed by atoms with Crippen LogP contribution in [0.1, 0.15) is 100 Å². The molecule has 0 spiro atoms. The molecule has 1 saturated carbocycles. The number of benzene rings is 2. The molecule has 1 aliphatic carbocycles. The second-order valence-corrected chi connectivity index (χ2v) is 11.3. The van der Waals surface area contributed by atoms with Crippen LogP contribution in [0.3, 0.4) is 0 Å². The zero-order chi connectivity index (χ0) is 27.9. The monoisotopic (exact) mass is 531 g/mol. The van der Waals surface area contributed by atoms with Crippen LogP contribution in [-0.4, -0.2) is 41.2 Å². The van der Waals surface area contributed by atoms with E-state index in [1.165, 1.54) is 29.7 Å². The fourth-order valence-corrected chi connectivity index (χ4v) is 6.67. The molecule has 0 aliphatic heterocycles. The Hall–Kier alpha value is -2.79. The molecule has 4 atom stereocenters. The van der Waals surface area contributed by atoms with Crippen molar-refractivity contribution in [2.24, 2.45) is 5.92 Å². The van der Waals surface area contributed by atoms with E-state index in [9.17, 15) is 5.11 Å². The number of aryl methyl sites for hydroxylation is 2. The third-order valence-electron chi connectivity index (χ3n) is 8.68. The molecule has 1 aromatic heterocycles. The van der Waals surface area contributed by atoms with Gasteiger partial charge in [-0.2, -0.15) is 5.10 Å². The third-order valence-corrected chi connectivity index (χ3v) is 8.68. The van der Waals surface area contributed by atoms with E-state index < -0.39 is 0 Å². The van der Waals surface area contributed by atoms with E-state index in [0.29, 0.717) is 11.7 Å². The van der Waals surface area contributed by atoms with E-state index in [0.717, 1.165) is 62.1 Å². The molecule has 1 heterocycles. The van der Waals surface area contributed by atoms with Crippen molar-refractivity contribution in [1.82, 2.24) is 9.78 Å². The molecule has 5 heteroatoms. The smallest absolute Gasteiger partial charge is 0.121 e. The first-order valence-electron chi connectivity index (χ1n) is 15.2. The summed E-state index contributed by atoms with van der Waals surface area (Å²) in [7, 11) is 1.83. The van der Waals surface area contributed by atoms with E-state index in [-0.39, 0.29) is 17.9 Å². The van der Waals surface area contributed by atoms with Crippen molar-refractivity contribution in [3.05, 3.63) is 71.0 Å². The van der Waals surface area contributed by atoms with Crippen molar-refractivity contribution in [3.8, 4) is 11.4 Å². The Morgan fingerprint density at radius 1 is 0.949 bits per heavy atom. The van der Waals surface area contributed by atoms with E-state index in [1.807, 2.05) is 23.9 Å². The molecule has 39 heavy (non-hydrogen) atoms. The molecule has 0 radical (unpaired) electrons. The lowest BCUT2D eigenvalue weighted by molar-refractivity contribution is -0.0531. The molecule has 1 N–H and O–H groups in total. The van der Waals surface area contributed by atoms with Crippen molar-refractivity contribution in [2.75, 3.05) is 25.1 Å². The molecule has 0 amide bonds. The minimum absolute atomic E-state index is 0.00529. The maximum absolute atomic E-state index is 11.5. The van der Waals surface area contributed by atoms with Gasteiger partial charge in [-0.1, -0.05) is 71.6 Å². The number of phenols is 1. The van der Waals surface area contributed by atoms with Crippen LogP contribution in [0.25, 0.3) is 5.69 Å². The summed E-state index contributed by atoms with van der Waals surface area (Å²) in [6.07, 6.45) is 9.93. The Labute approximate surface area is 236 Å². The van der Waals surface area contributed by atoms with Crippen LogP contribution in [0.15, 0.2) is 48.7 Å². The van der Waals surface area contributed by atoms with Gasteiger partial charge in [-0.15, -0.1) is 0 Å². The summed E-state index contributed by atoms with van der Waals surface area (Å²) in [6.45, 7) is 13.2. The molecular formula is C34H49N3O2. The summed E-state index contributed by atoms with van der Waals surface area (Å²) in [5.41, 5.74) is 6.92. The van der Waals surface area contributed by atoms with Crippen LogP contribution < -0.4 is 4.90 Å². The lowest BCUT2D eigenvalue weighted by Crippen LogP contribution is -2.49. The van der Waals surface area contributed by atoms with Crippen LogP contribution in [0.5, 0.6) is 5.75 Å². The molecule has 1 fully saturated rings. The summed E-state index contributed by atoms with van der Waals surface area (Å²) in [5, 5.41) is 16.5. The van der Waals surface area contributed by atoms with Crippen molar-refractivity contribution < 1.29 is 9.84 Å². The Morgan fingerprint density at radius 3 is 2.21 bits per heavy atom. The summed E-state index contributed by atoms with van der Waals surface area (Å²) in [5.74, 6) is 1.22. The normalized spacial score (nSPS) is 20.7. The maximum atomic E-state index is 11.5. The highest BCUT2D eigenvalue weighted by Gasteiger charge is 2.53. The molecule has 3 aromatic rings. The molecule has 5 nitrogen and oxygen atoms in total. The van der Waals surface area contributed by atoms with Gasteiger partial charge in [0.05, 0.1) is 17.5 Å². The largest absolute Gasteiger partial charge is 0.508 e. The summed E-state index contributed by atoms with van der Waals surface area (Å²) in [6, 6.07) is 14.7. The first kappa shape index (κ1) is 29.2. The number of hydrogen-bond donors (Lipinski definition) is 1. The SMILES string of the molecule is CCCCN(CCCC)c1cc(C)c(C2C(CC)C(c3cn(-c4ccccc4)nc3CCC)C2OC)c(O)c1. The Kier molecular flexibility index (Phi) is 10.1. The fourth-order valence-electron chi connectivity index (χ4n) is 6.67. The number of aromatic hydroxyl groups is 1. The number of phenolic OH excluding ortho intramolecular Hbond substituents is 1. The molecule has 212 valence electrons. The average Bonchev–Trinajstić information content (AvgIpc) is 3.34. The van der Waals surface area contributed by atoms with Gasteiger partial charge in [-0.05, 0) is 61.4 Å². The zero-order valence-electron chi connectivity index (χ0n) is 25.0. The Bertz CT molecular complexity index is 1150. The second-order valence-electron chi connectivity index (χ2n) is 11.3. The molecule has 4 rings (SSSR count). The number of anilines is 1. The topological polar surface area (TPSA) is 50.5 Å². The number of nitrogens with zero attached hydrogens (tertiary/aromatic N) is 3. The van der Waals surface area contributed by atoms with Gasteiger partial charge in [0.25, 0.3) is 0 Å². The second kappa shape index (κ2) is 13.5. The number of unbranched alkanes of at least 4 members (excludes halogenated alkanes) is 2. The van der Waals surface area contributed by atoms with Crippen LogP contribution in [0.2, 0.25) is 0 Å². The highest BCUT2D eigenvalue weighted by atomic mass is 16.5. The minimum atomic E-state index is 0.00529. The maximum Gasteiger partial charge on any atom is 0.121 e. The van der Waals surface area contributed by atoms with Crippen LogP contribution in [-0.2, 0) is 11.2 Å². The van der Waals surface area contributed by atoms with Crippen molar-refractivity contribution in [3.63, 3.8) is 0 Å². The Morgan fingerprint density at radius 2 is 1.64 bits per heavy atom. The van der Waals surface area contributed by atoms with Gasteiger partial charge in [0, 0.05) is 55.5 Å². The molecular weight excluding hydrogens is 482 g/mol. The van der Waals surface area contributed by atoms with Gasteiger partial charge < -0.3 is 14.7 Å². The van der Waals surface area contributed by atoms with Crippen molar-refractivity contribution >= 4 is 5.69 Å². The van der Waals surface area contributed by atoms with E-state index in [1.54, 1.807) is 0 Å². The van der Waals surface area contributed by atoms with Gasteiger partial charge in [-0.25, -0.2) is 4.68 Å². The highest BCUT2D eigenvalue weighted by Crippen LogP contribution is 2.58. The number of rotatable bonds is 14. The fraction of sp³-hybridized carbons (Fsp3) is 0.559. The summed E-state index contributed by atoms with van der Waals surface area (Å²) in [4.78, 5) is 2.45. The minimum Gasteiger partial charge on any atom is -0.508 e. The predicted molar refractivity (Wildman–Crippen MR) is 162 cm³/mol. The molecule has 1 aliphatic rings. The first-order valence-corrected chi connectivity index (χ1v) is 15.2. The summed E-state index contributed by atoms with van der Waals surface area (Å²) >= 11 is 0. The highest BCUT2D eigenvalue weighted by molar-refractivity contribution is 5.59. The number of para-hydroxylation sites is 1. The van der Waals surface area contributed by atoms with E-state index in [4.69, 9.17) is 9.84 Å². The zero-order valence-corrected chi connectivity index (χ0v) is 25.0.